The number of hydrogen-bond donors (Lipinski definition) is 1. The standard InChI is InChI=1S/C15H22N2O3/c1-4-17(11-15(19)20-5-2)10-14(18)16-13-9-7-6-8-12(13)3/h6-9H,4-5,10-11H2,1-3H3,(H,16,18). The first-order valence-electron chi connectivity index (χ1n) is 6.80. The molecule has 1 N–H and O–H groups in total. The van der Waals surface area contributed by atoms with E-state index in [0.717, 1.165) is 11.3 Å². The number of ether oxygens (including phenoxy) is 1. The van der Waals surface area contributed by atoms with Gasteiger partial charge in [0.1, 0.15) is 0 Å². The highest BCUT2D eigenvalue weighted by Gasteiger charge is 2.14. The average Bonchev–Trinajstić information content (AvgIpc) is 2.41. The third-order valence-electron chi connectivity index (χ3n) is 2.89. The lowest BCUT2D eigenvalue weighted by Gasteiger charge is -2.19. The number of esters is 1. The molecule has 0 aromatic heterocycles. The number of para-hydroxylation sites is 1. The minimum Gasteiger partial charge on any atom is -0.465 e. The van der Waals surface area contributed by atoms with E-state index in [4.69, 9.17) is 4.74 Å². The van der Waals surface area contributed by atoms with E-state index < -0.39 is 0 Å². The molecular formula is C15H22N2O3. The van der Waals surface area contributed by atoms with Crippen LogP contribution in [0.4, 0.5) is 5.69 Å². The van der Waals surface area contributed by atoms with Gasteiger partial charge in [0.05, 0.1) is 19.7 Å². The highest BCUT2D eigenvalue weighted by Crippen LogP contribution is 2.12. The molecule has 0 atom stereocenters. The Bertz CT molecular complexity index is 460. The van der Waals surface area contributed by atoms with E-state index >= 15 is 0 Å². The van der Waals surface area contributed by atoms with Gasteiger partial charge in [0.15, 0.2) is 0 Å². The lowest BCUT2D eigenvalue weighted by atomic mass is 10.2. The molecule has 0 aliphatic carbocycles. The lowest BCUT2D eigenvalue weighted by molar-refractivity contribution is -0.144. The van der Waals surface area contributed by atoms with Crippen molar-refractivity contribution in [1.82, 2.24) is 4.90 Å². The predicted molar refractivity (Wildman–Crippen MR) is 78.6 cm³/mol. The van der Waals surface area contributed by atoms with E-state index in [9.17, 15) is 9.59 Å². The van der Waals surface area contributed by atoms with Crippen molar-refractivity contribution in [2.45, 2.75) is 20.8 Å². The van der Waals surface area contributed by atoms with Crippen LogP contribution in [0.25, 0.3) is 0 Å². The van der Waals surface area contributed by atoms with Crippen molar-refractivity contribution < 1.29 is 14.3 Å². The van der Waals surface area contributed by atoms with Crippen molar-refractivity contribution >= 4 is 17.6 Å². The number of amides is 1. The third-order valence-corrected chi connectivity index (χ3v) is 2.89. The monoisotopic (exact) mass is 278 g/mol. The molecule has 1 rings (SSSR count). The second-order valence-corrected chi connectivity index (χ2v) is 4.47. The Kier molecular flexibility index (Phi) is 6.73. The number of likely N-dealkylation sites (N-methyl/N-ethyl adjacent to an activating group) is 1. The maximum atomic E-state index is 12.0. The van der Waals surface area contributed by atoms with Gasteiger partial charge in [-0.1, -0.05) is 25.1 Å². The van der Waals surface area contributed by atoms with Gasteiger partial charge >= 0.3 is 5.97 Å². The molecule has 0 radical (unpaired) electrons. The lowest BCUT2D eigenvalue weighted by Crippen LogP contribution is -2.37. The minimum atomic E-state index is -0.307. The van der Waals surface area contributed by atoms with E-state index in [1.165, 1.54) is 0 Å². The topological polar surface area (TPSA) is 58.6 Å². The van der Waals surface area contributed by atoms with Crippen molar-refractivity contribution in [2.75, 3.05) is 31.6 Å². The molecule has 0 bridgehead atoms. The summed E-state index contributed by atoms with van der Waals surface area (Å²) < 4.78 is 4.88. The van der Waals surface area contributed by atoms with Crippen LogP contribution in [0.1, 0.15) is 19.4 Å². The largest absolute Gasteiger partial charge is 0.465 e. The molecule has 1 aromatic rings. The van der Waals surface area contributed by atoms with Gasteiger partial charge in [-0.2, -0.15) is 0 Å². The number of nitrogens with zero attached hydrogens (tertiary/aromatic N) is 1. The van der Waals surface area contributed by atoms with E-state index in [1.54, 1.807) is 11.8 Å². The van der Waals surface area contributed by atoms with Gasteiger partial charge in [-0.05, 0) is 32.0 Å². The number of rotatable bonds is 7. The second-order valence-electron chi connectivity index (χ2n) is 4.47. The first-order valence-corrected chi connectivity index (χ1v) is 6.80. The van der Waals surface area contributed by atoms with Crippen LogP contribution in [0.3, 0.4) is 0 Å². The Morgan fingerprint density at radius 2 is 1.90 bits per heavy atom. The zero-order valence-electron chi connectivity index (χ0n) is 12.3. The van der Waals surface area contributed by atoms with Gasteiger partial charge in [0, 0.05) is 5.69 Å². The molecule has 5 heteroatoms. The van der Waals surface area contributed by atoms with Gasteiger partial charge < -0.3 is 10.1 Å². The van der Waals surface area contributed by atoms with Crippen molar-refractivity contribution in [3.05, 3.63) is 29.8 Å². The second kappa shape index (κ2) is 8.32. The molecule has 5 nitrogen and oxygen atoms in total. The molecule has 1 amide bonds. The van der Waals surface area contributed by atoms with Crippen molar-refractivity contribution in [3.63, 3.8) is 0 Å². The molecule has 0 aliphatic rings. The average molecular weight is 278 g/mol. The predicted octanol–water partition coefficient (Wildman–Crippen LogP) is 1.82. The van der Waals surface area contributed by atoms with E-state index in [1.807, 2.05) is 38.1 Å². The summed E-state index contributed by atoms with van der Waals surface area (Å²) in [4.78, 5) is 25.1. The normalized spacial score (nSPS) is 10.4. The van der Waals surface area contributed by atoms with Crippen molar-refractivity contribution in [2.24, 2.45) is 0 Å². The zero-order valence-corrected chi connectivity index (χ0v) is 12.3. The van der Waals surface area contributed by atoms with Crippen LogP contribution in [0, 0.1) is 6.92 Å². The Labute approximate surface area is 119 Å². The summed E-state index contributed by atoms with van der Waals surface area (Å²) in [6.07, 6.45) is 0. The number of aryl methyl sites for hydroxylation is 1. The van der Waals surface area contributed by atoms with Crippen LogP contribution in [0.2, 0.25) is 0 Å². The SMILES string of the molecule is CCOC(=O)CN(CC)CC(=O)Nc1ccccc1C. The van der Waals surface area contributed by atoms with Gasteiger partial charge in [0.2, 0.25) is 5.91 Å². The molecule has 20 heavy (non-hydrogen) atoms. The van der Waals surface area contributed by atoms with E-state index in [0.29, 0.717) is 13.2 Å². The summed E-state index contributed by atoms with van der Waals surface area (Å²) in [6.45, 7) is 6.87. The third kappa shape index (κ3) is 5.40. The van der Waals surface area contributed by atoms with Gasteiger partial charge in [0.25, 0.3) is 0 Å². The van der Waals surface area contributed by atoms with Crippen LogP contribution in [-0.2, 0) is 14.3 Å². The quantitative estimate of drug-likeness (QED) is 0.773. The summed E-state index contributed by atoms with van der Waals surface area (Å²) in [7, 11) is 0. The van der Waals surface area contributed by atoms with Crippen LogP contribution < -0.4 is 5.32 Å². The number of nitrogens with one attached hydrogen (secondary N) is 1. The fourth-order valence-electron chi connectivity index (χ4n) is 1.77. The Morgan fingerprint density at radius 1 is 1.20 bits per heavy atom. The Hall–Kier alpha value is -1.88. The molecule has 0 heterocycles. The molecule has 110 valence electrons. The highest BCUT2D eigenvalue weighted by atomic mass is 16.5. The van der Waals surface area contributed by atoms with E-state index in [-0.39, 0.29) is 25.0 Å². The molecule has 0 saturated heterocycles. The van der Waals surface area contributed by atoms with Crippen LogP contribution in [0.15, 0.2) is 24.3 Å². The summed E-state index contributed by atoms with van der Waals surface area (Å²) in [5, 5.41) is 2.85. The molecule has 0 saturated carbocycles. The number of carbonyl (C=O) groups excluding carboxylic acids is 2. The molecule has 0 unspecified atom stereocenters. The van der Waals surface area contributed by atoms with Crippen LogP contribution in [0.5, 0.6) is 0 Å². The van der Waals surface area contributed by atoms with Gasteiger partial charge in [-0.3, -0.25) is 14.5 Å². The minimum absolute atomic E-state index is 0.130. The van der Waals surface area contributed by atoms with Gasteiger partial charge in [-0.15, -0.1) is 0 Å². The van der Waals surface area contributed by atoms with E-state index in [2.05, 4.69) is 5.32 Å². The maximum Gasteiger partial charge on any atom is 0.320 e. The molecule has 0 spiro atoms. The van der Waals surface area contributed by atoms with Crippen molar-refractivity contribution in [3.8, 4) is 0 Å². The number of carbonyl (C=O) groups is 2. The smallest absolute Gasteiger partial charge is 0.320 e. The zero-order chi connectivity index (χ0) is 15.0. The summed E-state index contributed by atoms with van der Waals surface area (Å²) >= 11 is 0. The fourth-order valence-corrected chi connectivity index (χ4v) is 1.77. The summed E-state index contributed by atoms with van der Waals surface area (Å²) in [6, 6.07) is 7.59. The fraction of sp³-hybridized carbons (Fsp3) is 0.467. The number of benzene rings is 1. The number of anilines is 1. The first-order chi connectivity index (χ1) is 9.56. The van der Waals surface area contributed by atoms with Crippen molar-refractivity contribution in [1.29, 1.82) is 0 Å². The molecule has 0 fully saturated rings. The molecule has 0 aliphatic heterocycles. The highest BCUT2D eigenvalue weighted by molar-refractivity contribution is 5.93. The first kappa shape index (κ1) is 16.2. The van der Waals surface area contributed by atoms with Crippen LogP contribution >= 0.6 is 0 Å². The molecule has 1 aromatic carbocycles. The Balaban J connectivity index is 2.51. The number of hydrogen-bond acceptors (Lipinski definition) is 4. The van der Waals surface area contributed by atoms with Crippen LogP contribution in [-0.4, -0.2) is 43.0 Å². The van der Waals surface area contributed by atoms with Gasteiger partial charge in [-0.25, -0.2) is 0 Å². The molecular weight excluding hydrogens is 256 g/mol. The summed E-state index contributed by atoms with van der Waals surface area (Å²) in [5.41, 5.74) is 1.80. The maximum absolute atomic E-state index is 12.0. The Morgan fingerprint density at radius 3 is 2.50 bits per heavy atom. The summed E-state index contributed by atoms with van der Waals surface area (Å²) in [5.74, 6) is -0.441.